The third kappa shape index (κ3) is 5.03. The molecule has 7 heteroatoms. The lowest BCUT2D eigenvalue weighted by molar-refractivity contribution is 0.121. The Hall–Kier alpha value is -1.31. The summed E-state index contributed by atoms with van der Waals surface area (Å²) >= 11 is 0. The van der Waals surface area contributed by atoms with E-state index in [4.69, 9.17) is 9.47 Å². The van der Waals surface area contributed by atoms with Crippen molar-refractivity contribution in [3.63, 3.8) is 0 Å². The number of rotatable bonds is 6. The van der Waals surface area contributed by atoms with Gasteiger partial charge in [-0.2, -0.15) is 0 Å². The lowest BCUT2D eigenvalue weighted by atomic mass is 10.3. The van der Waals surface area contributed by atoms with Crippen LogP contribution in [0, 0.1) is 0 Å². The second-order valence-electron chi connectivity index (χ2n) is 3.34. The normalized spacial score (nSPS) is 13.1. The zero-order chi connectivity index (χ0) is 12.9. The van der Waals surface area contributed by atoms with Crippen LogP contribution in [0.1, 0.15) is 0 Å². The van der Waals surface area contributed by atoms with E-state index in [1.165, 1.54) is 7.11 Å². The third-order valence-corrected chi connectivity index (χ3v) is 2.69. The largest absolute Gasteiger partial charge is 0.748 e. The predicted octanol–water partition coefficient (Wildman–Crippen LogP) is -0.0199. The molecular weight excluding hydrogens is 248 g/mol. The van der Waals surface area contributed by atoms with E-state index in [0.717, 1.165) is 0 Å². The fraction of sp³-hybridized carbons (Fsp3) is 0.400. The molecule has 1 aromatic rings. The molecule has 96 valence electrons. The molecular formula is C10H13O6S-. The number of aliphatic hydroxyl groups is 1. The van der Waals surface area contributed by atoms with Gasteiger partial charge in [-0.05, 0) is 12.1 Å². The highest BCUT2D eigenvalue weighted by Gasteiger charge is 2.11. The Bertz CT molecular complexity index is 456. The first-order valence-electron chi connectivity index (χ1n) is 4.80. The smallest absolute Gasteiger partial charge is 0.161 e. The van der Waals surface area contributed by atoms with E-state index >= 15 is 0 Å². The van der Waals surface area contributed by atoms with Gasteiger partial charge >= 0.3 is 0 Å². The van der Waals surface area contributed by atoms with E-state index in [2.05, 4.69) is 0 Å². The predicted molar refractivity (Wildman–Crippen MR) is 59.1 cm³/mol. The number of hydrogen-bond acceptors (Lipinski definition) is 6. The summed E-state index contributed by atoms with van der Waals surface area (Å²) in [6, 6.07) is 6.71. The van der Waals surface area contributed by atoms with Crippen LogP contribution in [-0.2, 0) is 10.1 Å². The van der Waals surface area contributed by atoms with Crippen LogP contribution in [-0.4, -0.2) is 43.7 Å². The SMILES string of the molecule is COc1ccccc1OCC(O)CS(=O)(=O)[O-]. The van der Waals surface area contributed by atoms with Crippen LogP contribution in [0.4, 0.5) is 0 Å². The molecule has 0 aromatic heterocycles. The molecule has 17 heavy (non-hydrogen) atoms. The van der Waals surface area contributed by atoms with Gasteiger partial charge in [0.15, 0.2) is 11.5 Å². The number of aliphatic hydroxyl groups excluding tert-OH is 1. The summed E-state index contributed by atoms with van der Waals surface area (Å²) in [5, 5.41) is 9.26. The van der Waals surface area contributed by atoms with Gasteiger partial charge in [0, 0.05) is 0 Å². The molecule has 1 aromatic carbocycles. The van der Waals surface area contributed by atoms with Crippen molar-refractivity contribution in [1.82, 2.24) is 0 Å². The van der Waals surface area contributed by atoms with Gasteiger partial charge < -0.3 is 19.1 Å². The van der Waals surface area contributed by atoms with E-state index < -0.39 is 22.0 Å². The molecule has 0 fully saturated rings. The first-order chi connectivity index (χ1) is 7.92. The van der Waals surface area contributed by atoms with E-state index in [1.807, 2.05) is 0 Å². The molecule has 0 aliphatic heterocycles. The van der Waals surface area contributed by atoms with E-state index in [1.54, 1.807) is 24.3 Å². The number of methoxy groups -OCH3 is 1. The second-order valence-corrected chi connectivity index (χ2v) is 4.79. The zero-order valence-electron chi connectivity index (χ0n) is 9.20. The van der Waals surface area contributed by atoms with Crippen molar-refractivity contribution in [2.75, 3.05) is 19.5 Å². The van der Waals surface area contributed by atoms with Crippen molar-refractivity contribution in [2.45, 2.75) is 6.10 Å². The summed E-state index contributed by atoms with van der Waals surface area (Å²) in [5.41, 5.74) is 0. The Morgan fingerprint density at radius 3 is 2.47 bits per heavy atom. The quantitative estimate of drug-likeness (QED) is 0.723. The Kier molecular flexibility index (Phi) is 4.73. The maximum absolute atomic E-state index is 10.4. The molecule has 0 radical (unpaired) electrons. The molecule has 0 heterocycles. The molecule has 0 aliphatic rings. The van der Waals surface area contributed by atoms with Crippen LogP contribution < -0.4 is 9.47 Å². The number of benzene rings is 1. The minimum atomic E-state index is -4.45. The highest BCUT2D eigenvalue weighted by atomic mass is 32.2. The monoisotopic (exact) mass is 261 g/mol. The standard InChI is InChI=1S/C10H14O6S/c1-15-9-4-2-3-5-10(9)16-6-8(11)7-17(12,13)14/h2-5,8,11H,6-7H2,1H3,(H,12,13,14)/p-1. The highest BCUT2D eigenvalue weighted by Crippen LogP contribution is 2.25. The Morgan fingerprint density at radius 2 is 1.94 bits per heavy atom. The van der Waals surface area contributed by atoms with Gasteiger partial charge in [0.1, 0.15) is 12.7 Å². The number of ether oxygens (including phenoxy) is 2. The fourth-order valence-corrected chi connectivity index (χ4v) is 1.78. The van der Waals surface area contributed by atoms with Gasteiger partial charge in [0.2, 0.25) is 0 Å². The first-order valence-corrected chi connectivity index (χ1v) is 6.37. The van der Waals surface area contributed by atoms with Crippen molar-refractivity contribution >= 4 is 10.1 Å². The maximum Gasteiger partial charge on any atom is 0.161 e. The first kappa shape index (κ1) is 13.8. The van der Waals surface area contributed by atoms with Crippen molar-refractivity contribution in [3.8, 4) is 11.5 Å². The molecule has 1 atom stereocenters. The van der Waals surface area contributed by atoms with E-state index in [0.29, 0.717) is 11.5 Å². The van der Waals surface area contributed by atoms with Gasteiger partial charge in [-0.25, -0.2) is 8.42 Å². The summed E-state index contributed by atoms with van der Waals surface area (Å²) in [7, 11) is -3.00. The van der Waals surface area contributed by atoms with Crippen molar-refractivity contribution < 1.29 is 27.6 Å². The summed E-state index contributed by atoms with van der Waals surface area (Å²) in [6.45, 7) is -0.290. The Morgan fingerprint density at radius 1 is 1.35 bits per heavy atom. The van der Waals surface area contributed by atoms with E-state index in [9.17, 15) is 18.1 Å². The molecule has 1 N–H and O–H groups in total. The topological polar surface area (TPSA) is 95.9 Å². The maximum atomic E-state index is 10.4. The van der Waals surface area contributed by atoms with Crippen LogP contribution in [0.5, 0.6) is 11.5 Å². The van der Waals surface area contributed by atoms with Crippen LogP contribution in [0.25, 0.3) is 0 Å². The van der Waals surface area contributed by atoms with Gasteiger partial charge in [-0.1, -0.05) is 12.1 Å². The van der Waals surface area contributed by atoms with Gasteiger partial charge in [0.25, 0.3) is 0 Å². The number of para-hydroxylation sites is 2. The summed E-state index contributed by atoms with van der Waals surface area (Å²) in [5.74, 6) is -0.0377. The molecule has 1 unspecified atom stereocenters. The zero-order valence-corrected chi connectivity index (χ0v) is 10.0. The van der Waals surface area contributed by atoms with Gasteiger partial charge in [-0.3, -0.25) is 0 Å². The van der Waals surface area contributed by atoms with Crippen molar-refractivity contribution in [2.24, 2.45) is 0 Å². The van der Waals surface area contributed by atoms with E-state index in [-0.39, 0.29) is 6.61 Å². The summed E-state index contributed by atoms with van der Waals surface area (Å²) in [6.07, 6.45) is -1.36. The Labute approximate surface area is 99.5 Å². The van der Waals surface area contributed by atoms with Crippen LogP contribution >= 0.6 is 0 Å². The summed E-state index contributed by atoms with van der Waals surface area (Å²) < 4.78 is 41.3. The molecule has 1 rings (SSSR count). The lowest BCUT2D eigenvalue weighted by Gasteiger charge is -2.15. The molecule has 0 saturated heterocycles. The van der Waals surface area contributed by atoms with Gasteiger partial charge in [-0.15, -0.1) is 0 Å². The van der Waals surface area contributed by atoms with Crippen LogP contribution in [0.15, 0.2) is 24.3 Å². The highest BCUT2D eigenvalue weighted by molar-refractivity contribution is 7.85. The molecule has 6 nitrogen and oxygen atoms in total. The average molecular weight is 261 g/mol. The van der Waals surface area contributed by atoms with Crippen molar-refractivity contribution in [3.05, 3.63) is 24.3 Å². The molecule has 0 aliphatic carbocycles. The molecule has 0 bridgehead atoms. The fourth-order valence-electron chi connectivity index (χ4n) is 1.21. The van der Waals surface area contributed by atoms with Crippen LogP contribution in [0.3, 0.4) is 0 Å². The molecule has 0 amide bonds. The Balaban J connectivity index is 2.55. The minimum Gasteiger partial charge on any atom is -0.748 e. The lowest BCUT2D eigenvalue weighted by Crippen LogP contribution is -2.26. The molecule has 0 saturated carbocycles. The second kappa shape index (κ2) is 5.85. The number of hydrogen-bond donors (Lipinski definition) is 1. The third-order valence-electron chi connectivity index (χ3n) is 1.90. The minimum absolute atomic E-state index is 0.290. The van der Waals surface area contributed by atoms with Crippen molar-refractivity contribution in [1.29, 1.82) is 0 Å². The summed E-state index contributed by atoms with van der Waals surface area (Å²) in [4.78, 5) is 0. The molecule has 0 spiro atoms. The average Bonchev–Trinajstić information content (AvgIpc) is 2.24. The van der Waals surface area contributed by atoms with Gasteiger partial charge in [0.05, 0.1) is 23.0 Å². The van der Waals surface area contributed by atoms with Crippen LogP contribution in [0.2, 0.25) is 0 Å².